The third kappa shape index (κ3) is 3.02. The molecular formula is C17H17ClFN. The maximum atomic E-state index is 13.8. The zero-order valence-electron chi connectivity index (χ0n) is 11.2. The highest BCUT2D eigenvalue weighted by atomic mass is 35.5. The molecule has 0 amide bonds. The molecule has 1 fully saturated rings. The number of hydrogen-bond donors (Lipinski definition) is 1. The lowest BCUT2D eigenvalue weighted by molar-refractivity contribution is 0.471. The molecule has 3 rings (SSSR count). The molecule has 1 atom stereocenters. The van der Waals surface area contributed by atoms with Crippen molar-refractivity contribution in [3.63, 3.8) is 0 Å². The summed E-state index contributed by atoms with van der Waals surface area (Å²) in [4.78, 5) is 0. The first-order chi connectivity index (χ1) is 9.75. The van der Waals surface area contributed by atoms with E-state index in [9.17, 15) is 4.39 Å². The minimum absolute atomic E-state index is 0.243. The first-order valence-electron chi connectivity index (χ1n) is 6.97. The second kappa shape index (κ2) is 5.94. The summed E-state index contributed by atoms with van der Waals surface area (Å²) in [5.41, 5.74) is 1.82. The third-order valence-electron chi connectivity index (χ3n) is 3.81. The molecule has 0 bridgehead atoms. The molecule has 0 aliphatic heterocycles. The van der Waals surface area contributed by atoms with Crippen LogP contribution in [0.3, 0.4) is 0 Å². The van der Waals surface area contributed by atoms with Gasteiger partial charge in [0.25, 0.3) is 0 Å². The van der Waals surface area contributed by atoms with Gasteiger partial charge in [0.1, 0.15) is 5.82 Å². The second-order valence-corrected chi connectivity index (χ2v) is 5.71. The van der Waals surface area contributed by atoms with Crippen molar-refractivity contribution in [2.24, 2.45) is 5.92 Å². The van der Waals surface area contributed by atoms with E-state index in [0.29, 0.717) is 23.0 Å². The first-order valence-corrected chi connectivity index (χ1v) is 7.34. The van der Waals surface area contributed by atoms with Gasteiger partial charge in [-0.2, -0.15) is 0 Å². The van der Waals surface area contributed by atoms with Crippen LogP contribution >= 0.6 is 11.6 Å². The van der Waals surface area contributed by atoms with Gasteiger partial charge in [0.05, 0.1) is 0 Å². The van der Waals surface area contributed by atoms with Crippen LogP contribution in [0.5, 0.6) is 0 Å². The maximum absolute atomic E-state index is 13.8. The van der Waals surface area contributed by atoms with Gasteiger partial charge in [-0.25, -0.2) is 4.39 Å². The minimum atomic E-state index is -0.243. The highest BCUT2D eigenvalue weighted by molar-refractivity contribution is 6.31. The Hall–Kier alpha value is -1.38. The molecule has 1 aliphatic rings. The summed E-state index contributed by atoms with van der Waals surface area (Å²) in [6.45, 7) is 0.460. The smallest absolute Gasteiger partial charge is 0.129 e. The molecule has 104 valence electrons. The molecule has 0 aromatic heterocycles. The average molecular weight is 290 g/mol. The zero-order valence-corrected chi connectivity index (χ0v) is 11.9. The first kappa shape index (κ1) is 13.6. The normalized spacial score (nSPS) is 16.1. The van der Waals surface area contributed by atoms with Crippen LogP contribution in [0.25, 0.3) is 0 Å². The van der Waals surface area contributed by atoms with Crippen LogP contribution in [0.4, 0.5) is 4.39 Å². The van der Waals surface area contributed by atoms with E-state index >= 15 is 0 Å². The number of halogens is 2. The highest BCUT2D eigenvalue weighted by Gasteiger charge is 2.32. The number of rotatable bonds is 5. The average Bonchev–Trinajstić information content (AvgIpc) is 3.28. The number of nitrogens with one attached hydrogen (secondary N) is 1. The molecule has 0 heterocycles. The molecule has 0 saturated heterocycles. The Morgan fingerprint density at radius 3 is 2.50 bits per heavy atom. The molecule has 2 aromatic carbocycles. The Labute approximate surface area is 123 Å². The van der Waals surface area contributed by atoms with Gasteiger partial charge in [-0.3, -0.25) is 0 Å². The minimum Gasteiger partial charge on any atom is -0.305 e. The fraction of sp³-hybridized carbons (Fsp3) is 0.294. The predicted octanol–water partition coefficient (Wildman–Crippen LogP) is 4.72. The number of hydrogen-bond acceptors (Lipinski definition) is 1. The van der Waals surface area contributed by atoms with E-state index in [-0.39, 0.29) is 11.9 Å². The SMILES string of the molecule is Fc1cccc(Cl)c1CNC(c1ccccc1)C1CC1. The lowest BCUT2D eigenvalue weighted by Gasteiger charge is -2.19. The molecule has 1 nitrogen and oxygen atoms in total. The van der Waals surface area contributed by atoms with Crippen molar-refractivity contribution >= 4 is 11.6 Å². The highest BCUT2D eigenvalue weighted by Crippen LogP contribution is 2.41. The van der Waals surface area contributed by atoms with Crippen LogP contribution < -0.4 is 5.32 Å². The third-order valence-corrected chi connectivity index (χ3v) is 4.17. The Balaban J connectivity index is 1.75. The molecule has 3 heteroatoms. The Kier molecular flexibility index (Phi) is 4.04. The van der Waals surface area contributed by atoms with Crippen LogP contribution in [0.15, 0.2) is 48.5 Å². The monoisotopic (exact) mass is 289 g/mol. The van der Waals surface area contributed by atoms with E-state index in [0.717, 1.165) is 0 Å². The van der Waals surface area contributed by atoms with Gasteiger partial charge in [-0.1, -0.05) is 48.0 Å². The summed E-state index contributed by atoms with van der Waals surface area (Å²) in [7, 11) is 0. The van der Waals surface area contributed by atoms with E-state index in [1.54, 1.807) is 12.1 Å². The largest absolute Gasteiger partial charge is 0.305 e. The quantitative estimate of drug-likeness (QED) is 0.840. The van der Waals surface area contributed by atoms with E-state index in [1.165, 1.54) is 24.5 Å². The van der Waals surface area contributed by atoms with E-state index in [4.69, 9.17) is 11.6 Å². The van der Waals surface area contributed by atoms with Gasteiger partial charge in [-0.15, -0.1) is 0 Å². The van der Waals surface area contributed by atoms with Crippen molar-refractivity contribution in [1.29, 1.82) is 0 Å². The molecule has 1 aliphatic carbocycles. The van der Waals surface area contributed by atoms with Gasteiger partial charge in [0, 0.05) is 23.2 Å². The van der Waals surface area contributed by atoms with Gasteiger partial charge < -0.3 is 5.32 Å². The Morgan fingerprint density at radius 1 is 1.10 bits per heavy atom. The molecule has 0 radical (unpaired) electrons. The molecule has 1 unspecified atom stereocenters. The van der Waals surface area contributed by atoms with Crippen molar-refractivity contribution in [3.05, 3.63) is 70.5 Å². The summed E-state index contributed by atoms with van der Waals surface area (Å²) in [6, 6.07) is 15.5. The lowest BCUT2D eigenvalue weighted by atomic mass is 10.0. The van der Waals surface area contributed by atoms with Gasteiger partial charge in [0.2, 0.25) is 0 Å². The van der Waals surface area contributed by atoms with Crippen molar-refractivity contribution in [1.82, 2.24) is 5.32 Å². The van der Waals surface area contributed by atoms with Crippen molar-refractivity contribution in [2.45, 2.75) is 25.4 Å². The van der Waals surface area contributed by atoms with Crippen molar-refractivity contribution in [2.75, 3.05) is 0 Å². The van der Waals surface area contributed by atoms with Crippen molar-refractivity contribution in [3.8, 4) is 0 Å². The molecular weight excluding hydrogens is 273 g/mol. The Morgan fingerprint density at radius 2 is 1.85 bits per heavy atom. The van der Waals surface area contributed by atoms with Crippen LogP contribution in [0.2, 0.25) is 5.02 Å². The topological polar surface area (TPSA) is 12.0 Å². The summed E-state index contributed by atoms with van der Waals surface area (Å²) < 4.78 is 13.8. The Bertz CT molecular complexity index is 561. The number of benzene rings is 2. The van der Waals surface area contributed by atoms with Gasteiger partial charge in [-0.05, 0) is 36.5 Å². The van der Waals surface area contributed by atoms with Crippen molar-refractivity contribution < 1.29 is 4.39 Å². The van der Waals surface area contributed by atoms with E-state index in [2.05, 4.69) is 17.4 Å². The summed E-state index contributed by atoms with van der Waals surface area (Å²) in [5, 5.41) is 3.96. The summed E-state index contributed by atoms with van der Waals surface area (Å²) in [6.07, 6.45) is 2.47. The predicted molar refractivity (Wildman–Crippen MR) is 80.2 cm³/mol. The van der Waals surface area contributed by atoms with Crippen LogP contribution in [0, 0.1) is 11.7 Å². The fourth-order valence-corrected chi connectivity index (χ4v) is 2.79. The van der Waals surface area contributed by atoms with E-state index in [1.807, 2.05) is 18.2 Å². The van der Waals surface area contributed by atoms with Crippen LogP contribution in [-0.4, -0.2) is 0 Å². The van der Waals surface area contributed by atoms with Crippen LogP contribution in [-0.2, 0) is 6.54 Å². The summed E-state index contributed by atoms with van der Waals surface area (Å²) >= 11 is 6.07. The second-order valence-electron chi connectivity index (χ2n) is 5.31. The summed E-state index contributed by atoms with van der Waals surface area (Å²) in [5.74, 6) is 0.413. The lowest BCUT2D eigenvalue weighted by Crippen LogP contribution is -2.23. The van der Waals surface area contributed by atoms with Gasteiger partial charge in [0.15, 0.2) is 0 Å². The molecule has 1 saturated carbocycles. The molecule has 2 aromatic rings. The maximum Gasteiger partial charge on any atom is 0.129 e. The molecule has 20 heavy (non-hydrogen) atoms. The zero-order chi connectivity index (χ0) is 13.9. The molecule has 1 N–H and O–H groups in total. The van der Waals surface area contributed by atoms with Gasteiger partial charge >= 0.3 is 0 Å². The fourth-order valence-electron chi connectivity index (χ4n) is 2.56. The van der Waals surface area contributed by atoms with Crippen LogP contribution in [0.1, 0.15) is 30.0 Å². The van der Waals surface area contributed by atoms with E-state index < -0.39 is 0 Å². The standard InChI is InChI=1S/C17H17ClFN/c18-15-7-4-8-16(19)14(15)11-20-17(13-9-10-13)12-5-2-1-3-6-12/h1-8,13,17,20H,9-11H2. The molecule has 0 spiro atoms.